The van der Waals surface area contributed by atoms with Crippen molar-refractivity contribution in [3.05, 3.63) is 85.1 Å². The third kappa shape index (κ3) is 44.8. The lowest BCUT2D eigenvalue weighted by Crippen LogP contribution is -2.28. The zero-order chi connectivity index (χ0) is 42.3. The Hall–Kier alpha value is -2.32. The molecule has 0 aromatic heterocycles. The van der Waals surface area contributed by atoms with Crippen LogP contribution >= 0.6 is 7.82 Å². The number of hydrogen-bond acceptors (Lipinski definition) is 7. The van der Waals surface area contributed by atoms with Crippen LogP contribution in [-0.4, -0.2) is 49.9 Å². The number of rotatable bonds is 43. The van der Waals surface area contributed by atoms with Crippen LogP contribution in [0.25, 0.3) is 0 Å². The predicted molar refractivity (Wildman–Crippen MR) is 247 cm³/mol. The monoisotopic (exact) mass is 832 g/mol. The Kier molecular flexibility index (Phi) is 43.9. The lowest BCUT2D eigenvalue weighted by Gasteiger charge is -2.20. The Balaban J connectivity index is 4.03. The highest BCUT2D eigenvalue weighted by atomic mass is 31.2. The molecule has 334 valence electrons. The second-order valence-corrected chi connectivity index (χ2v) is 16.3. The molecular formula is C49H86NO7P. The highest BCUT2D eigenvalue weighted by Crippen LogP contribution is 2.43. The standard InChI is InChI=1S/C49H86NO7P/c1-3-5-7-9-11-13-15-17-19-20-21-22-23-24-25-26-27-29-31-33-35-37-39-41-44-54-46-48(47-56-58(52,53)55-45-43-50)57-49(51)42-40-38-36-34-32-30-28-18-16-14-12-10-8-6-4-2/h5,7,11-14,17-19,21-22,24-25,28,48H,3-4,6,8-10,15-16,20,23,26-27,29-47,50H2,1-2H3,(H,52,53)/b7-5-,13-11-,14-12-,19-17-,22-21-,25-24-,28-18-. The Morgan fingerprint density at radius 2 is 0.966 bits per heavy atom. The van der Waals surface area contributed by atoms with Crippen LogP contribution in [0.5, 0.6) is 0 Å². The highest BCUT2D eigenvalue weighted by molar-refractivity contribution is 7.47. The van der Waals surface area contributed by atoms with Gasteiger partial charge in [0.2, 0.25) is 0 Å². The topological polar surface area (TPSA) is 117 Å². The largest absolute Gasteiger partial charge is 0.472 e. The average Bonchev–Trinajstić information content (AvgIpc) is 3.21. The van der Waals surface area contributed by atoms with E-state index in [9.17, 15) is 14.3 Å². The van der Waals surface area contributed by atoms with Crippen molar-refractivity contribution >= 4 is 13.8 Å². The number of ether oxygens (including phenoxy) is 2. The number of nitrogens with two attached hydrogens (primary N) is 1. The van der Waals surface area contributed by atoms with Gasteiger partial charge in [-0.1, -0.05) is 170 Å². The third-order valence-electron chi connectivity index (χ3n) is 9.30. The molecule has 0 aliphatic rings. The summed E-state index contributed by atoms with van der Waals surface area (Å²) in [6.45, 7) is 4.73. The van der Waals surface area contributed by atoms with Crippen molar-refractivity contribution in [3.63, 3.8) is 0 Å². The van der Waals surface area contributed by atoms with Gasteiger partial charge in [-0.05, 0) is 89.9 Å². The molecule has 0 aromatic carbocycles. The van der Waals surface area contributed by atoms with E-state index in [-0.39, 0.29) is 32.3 Å². The molecule has 0 heterocycles. The zero-order valence-corrected chi connectivity index (χ0v) is 37.9. The van der Waals surface area contributed by atoms with Gasteiger partial charge in [0.1, 0.15) is 6.10 Å². The van der Waals surface area contributed by atoms with Crippen LogP contribution in [0.1, 0.15) is 181 Å². The molecule has 0 saturated heterocycles. The molecule has 0 rings (SSSR count). The van der Waals surface area contributed by atoms with Gasteiger partial charge in [0, 0.05) is 19.6 Å². The van der Waals surface area contributed by atoms with E-state index in [1.54, 1.807) is 0 Å². The molecule has 0 radical (unpaired) electrons. The van der Waals surface area contributed by atoms with Crippen LogP contribution in [0.2, 0.25) is 0 Å². The van der Waals surface area contributed by atoms with Crippen LogP contribution in [0.15, 0.2) is 85.1 Å². The number of phosphoric acid groups is 1. The molecule has 0 amide bonds. The fourth-order valence-corrected chi connectivity index (χ4v) is 6.70. The molecule has 0 aliphatic heterocycles. The van der Waals surface area contributed by atoms with Crippen molar-refractivity contribution in [1.82, 2.24) is 0 Å². The fraction of sp³-hybridized carbons (Fsp3) is 0.694. The van der Waals surface area contributed by atoms with Gasteiger partial charge >= 0.3 is 13.8 Å². The van der Waals surface area contributed by atoms with Crippen molar-refractivity contribution in [1.29, 1.82) is 0 Å². The summed E-state index contributed by atoms with van der Waals surface area (Å²) < 4.78 is 33.5. The van der Waals surface area contributed by atoms with Gasteiger partial charge < -0.3 is 20.1 Å². The minimum atomic E-state index is -4.29. The maximum absolute atomic E-state index is 12.6. The van der Waals surface area contributed by atoms with E-state index in [4.69, 9.17) is 24.3 Å². The number of allylic oxidation sites excluding steroid dienone is 14. The van der Waals surface area contributed by atoms with Crippen molar-refractivity contribution in [2.24, 2.45) is 5.73 Å². The smallest absolute Gasteiger partial charge is 0.457 e. The SMILES string of the molecule is CC/C=C\C/C=C\C/C=C\C/C=C\C/C=C\CCCCCCCCCCOCC(COP(=O)(O)OCCN)OC(=O)CCCCCCC/C=C\C/C=C\CCCCC. The van der Waals surface area contributed by atoms with E-state index in [0.717, 1.165) is 96.3 Å². The molecule has 58 heavy (non-hydrogen) atoms. The summed E-state index contributed by atoms with van der Waals surface area (Å²) in [5.41, 5.74) is 5.37. The summed E-state index contributed by atoms with van der Waals surface area (Å²) in [5.74, 6) is -0.351. The molecule has 2 unspecified atom stereocenters. The van der Waals surface area contributed by atoms with E-state index in [2.05, 4.69) is 98.9 Å². The minimum Gasteiger partial charge on any atom is -0.457 e. The molecule has 9 heteroatoms. The fourth-order valence-electron chi connectivity index (χ4n) is 5.93. The van der Waals surface area contributed by atoms with Gasteiger partial charge in [0.15, 0.2) is 0 Å². The van der Waals surface area contributed by atoms with E-state index in [1.807, 2.05) is 0 Å². The minimum absolute atomic E-state index is 0.0921. The molecule has 0 saturated carbocycles. The number of phosphoric ester groups is 1. The van der Waals surface area contributed by atoms with Gasteiger partial charge in [0.05, 0.1) is 19.8 Å². The molecule has 8 nitrogen and oxygen atoms in total. The maximum atomic E-state index is 12.6. The number of esters is 1. The molecule has 0 aromatic rings. The van der Waals surface area contributed by atoms with Gasteiger partial charge in [-0.15, -0.1) is 0 Å². The van der Waals surface area contributed by atoms with Crippen molar-refractivity contribution < 1.29 is 32.8 Å². The molecule has 0 aliphatic carbocycles. The van der Waals surface area contributed by atoms with Crippen molar-refractivity contribution in [2.75, 3.05) is 33.0 Å². The Bertz CT molecular complexity index is 1160. The van der Waals surface area contributed by atoms with E-state index >= 15 is 0 Å². The first kappa shape index (κ1) is 55.7. The summed E-state index contributed by atoms with van der Waals surface area (Å²) in [4.78, 5) is 22.5. The van der Waals surface area contributed by atoms with Crippen LogP contribution in [0.4, 0.5) is 0 Å². The first-order valence-electron chi connectivity index (χ1n) is 23.1. The maximum Gasteiger partial charge on any atom is 0.472 e. The number of carbonyl (C=O) groups is 1. The lowest BCUT2D eigenvalue weighted by atomic mass is 10.1. The van der Waals surface area contributed by atoms with Crippen LogP contribution < -0.4 is 5.73 Å². The first-order valence-corrected chi connectivity index (χ1v) is 24.6. The van der Waals surface area contributed by atoms with Gasteiger partial charge in [-0.2, -0.15) is 0 Å². The zero-order valence-electron chi connectivity index (χ0n) is 37.0. The normalized spacial score (nSPS) is 14.2. The van der Waals surface area contributed by atoms with Crippen molar-refractivity contribution in [2.45, 2.75) is 187 Å². The number of hydrogen-bond donors (Lipinski definition) is 2. The Morgan fingerprint density at radius 1 is 0.534 bits per heavy atom. The van der Waals surface area contributed by atoms with Gasteiger partial charge in [-0.3, -0.25) is 13.8 Å². The summed E-state index contributed by atoms with van der Waals surface area (Å²) in [7, 11) is -4.29. The second kappa shape index (κ2) is 45.8. The Labute approximate surface area is 356 Å². The Morgan fingerprint density at radius 3 is 1.45 bits per heavy atom. The van der Waals surface area contributed by atoms with E-state index in [0.29, 0.717) is 13.0 Å². The van der Waals surface area contributed by atoms with Crippen LogP contribution in [0.3, 0.4) is 0 Å². The molecule has 0 fully saturated rings. The lowest BCUT2D eigenvalue weighted by molar-refractivity contribution is -0.154. The van der Waals surface area contributed by atoms with E-state index < -0.39 is 13.9 Å². The molecule has 0 bridgehead atoms. The molecule has 2 atom stereocenters. The van der Waals surface area contributed by atoms with Crippen LogP contribution in [0, 0.1) is 0 Å². The van der Waals surface area contributed by atoms with Gasteiger partial charge in [0.25, 0.3) is 0 Å². The average molecular weight is 832 g/mol. The predicted octanol–water partition coefficient (Wildman–Crippen LogP) is 14.1. The molecule has 3 N–H and O–H groups in total. The molecule has 0 spiro atoms. The summed E-state index contributed by atoms with van der Waals surface area (Å²) in [5, 5.41) is 0. The van der Waals surface area contributed by atoms with Gasteiger partial charge in [-0.25, -0.2) is 4.57 Å². The first-order chi connectivity index (χ1) is 28.4. The number of unbranched alkanes of at least 4 members (excludes halogenated alkanes) is 16. The molecular weight excluding hydrogens is 746 g/mol. The quantitative estimate of drug-likeness (QED) is 0.0270. The summed E-state index contributed by atoms with van der Waals surface area (Å²) in [6, 6.07) is 0. The second-order valence-electron chi connectivity index (χ2n) is 14.9. The third-order valence-corrected chi connectivity index (χ3v) is 10.3. The highest BCUT2D eigenvalue weighted by Gasteiger charge is 2.25. The summed E-state index contributed by atoms with van der Waals surface area (Å²) in [6.07, 6.45) is 58.9. The summed E-state index contributed by atoms with van der Waals surface area (Å²) >= 11 is 0. The number of carbonyl (C=O) groups excluding carboxylic acids is 1. The van der Waals surface area contributed by atoms with Crippen molar-refractivity contribution in [3.8, 4) is 0 Å². The van der Waals surface area contributed by atoms with Crippen LogP contribution in [-0.2, 0) is 27.9 Å². The van der Waals surface area contributed by atoms with E-state index in [1.165, 1.54) is 64.2 Å².